The first kappa shape index (κ1) is 14.5. The third kappa shape index (κ3) is 4.77. The molecule has 1 rings (SSSR count). The van der Waals surface area contributed by atoms with E-state index in [1.165, 1.54) is 11.8 Å². The molecule has 0 unspecified atom stereocenters. The summed E-state index contributed by atoms with van der Waals surface area (Å²) in [5, 5.41) is 13.8. The minimum Gasteiger partial charge on any atom is -0.396 e. The number of rotatable bonds is 6. The van der Waals surface area contributed by atoms with Crippen LogP contribution in [0, 0.1) is 0 Å². The molecule has 5 nitrogen and oxygen atoms in total. The van der Waals surface area contributed by atoms with Crippen molar-refractivity contribution >= 4 is 29.3 Å². The summed E-state index contributed by atoms with van der Waals surface area (Å²) >= 11 is 1.37. The minimum atomic E-state index is -0.161. The molecule has 0 aromatic heterocycles. The van der Waals surface area contributed by atoms with E-state index in [2.05, 4.69) is 10.6 Å². The number of aliphatic hydroxyl groups excluding tert-OH is 1. The molecule has 3 N–H and O–H groups in total. The molecule has 0 spiro atoms. The van der Waals surface area contributed by atoms with Crippen molar-refractivity contribution in [2.45, 2.75) is 0 Å². The molecule has 0 aliphatic heterocycles. The predicted molar refractivity (Wildman–Crippen MR) is 72.9 cm³/mol. The fourth-order valence-corrected chi connectivity index (χ4v) is 1.81. The second-order valence-corrected chi connectivity index (χ2v) is 4.59. The van der Waals surface area contributed by atoms with Gasteiger partial charge in [0, 0.05) is 24.1 Å². The number of nitrogens with one attached hydrogen (secondary N) is 2. The molecule has 98 valence electrons. The molecule has 0 aliphatic rings. The molecule has 0 bridgehead atoms. The van der Waals surface area contributed by atoms with E-state index in [4.69, 9.17) is 5.11 Å². The third-order valence-corrected chi connectivity index (χ3v) is 3.06. The van der Waals surface area contributed by atoms with Gasteiger partial charge in [-0.25, -0.2) is 0 Å². The van der Waals surface area contributed by atoms with E-state index in [1.807, 2.05) is 0 Å². The van der Waals surface area contributed by atoms with E-state index >= 15 is 0 Å². The van der Waals surface area contributed by atoms with Crippen LogP contribution in [-0.4, -0.2) is 42.1 Å². The lowest BCUT2D eigenvalue weighted by molar-refractivity contribution is -0.113. The maximum atomic E-state index is 11.5. The summed E-state index contributed by atoms with van der Waals surface area (Å²) in [4.78, 5) is 22.8. The largest absolute Gasteiger partial charge is 0.396 e. The Hall–Kier alpha value is -1.53. The number of hydrogen-bond acceptors (Lipinski definition) is 4. The molecule has 1 aromatic rings. The molecule has 18 heavy (non-hydrogen) atoms. The first-order valence-electron chi connectivity index (χ1n) is 5.48. The van der Waals surface area contributed by atoms with Crippen molar-refractivity contribution < 1.29 is 14.7 Å². The highest BCUT2D eigenvalue weighted by atomic mass is 32.2. The average Bonchev–Trinajstić information content (AvgIpc) is 2.39. The second-order valence-electron chi connectivity index (χ2n) is 3.48. The van der Waals surface area contributed by atoms with Crippen molar-refractivity contribution in [3.05, 3.63) is 29.8 Å². The Morgan fingerprint density at radius 3 is 2.50 bits per heavy atom. The lowest BCUT2D eigenvalue weighted by Gasteiger charge is -2.05. The summed E-state index contributed by atoms with van der Waals surface area (Å²) in [6, 6.07) is 6.66. The van der Waals surface area contributed by atoms with E-state index < -0.39 is 0 Å². The van der Waals surface area contributed by atoms with Crippen LogP contribution >= 0.6 is 11.8 Å². The average molecular weight is 268 g/mol. The van der Waals surface area contributed by atoms with Crippen LogP contribution in [0.4, 0.5) is 5.69 Å². The highest BCUT2D eigenvalue weighted by Crippen LogP contribution is 2.10. The minimum absolute atomic E-state index is 0.0682. The summed E-state index contributed by atoms with van der Waals surface area (Å²) in [5.74, 6) is 0.563. The Kier molecular flexibility index (Phi) is 6.24. The van der Waals surface area contributed by atoms with Gasteiger partial charge in [0.1, 0.15) is 0 Å². The van der Waals surface area contributed by atoms with Crippen LogP contribution < -0.4 is 10.6 Å². The van der Waals surface area contributed by atoms with Gasteiger partial charge >= 0.3 is 0 Å². The van der Waals surface area contributed by atoms with Gasteiger partial charge in [-0.15, -0.1) is 11.8 Å². The zero-order valence-corrected chi connectivity index (χ0v) is 10.9. The zero-order valence-electron chi connectivity index (χ0n) is 10.1. The van der Waals surface area contributed by atoms with E-state index in [0.717, 1.165) is 0 Å². The fourth-order valence-electron chi connectivity index (χ4n) is 1.28. The summed E-state index contributed by atoms with van der Waals surface area (Å²) in [6.45, 7) is 0.0682. The Bertz CT molecular complexity index is 406. The molecule has 0 saturated heterocycles. The molecule has 0 fully saturated rings. The van der Waals surface area contributed by atoms with Crippen LogP contribution in [0.5, 0.6) is 0 Å². The Labute approximate surface area is 110 Å². The predicted octanol–water partition coefficient (Wildman–Crippen LogP) is 0.710. The second kappa shape index (κ2) is 7.73. The summed E-state index contributed by atoms with van der Waals surface area (Å²) in [7, 11) is 1.57. The first-order valence-corrected chi connectivity index (χ1v) is 6.63. The van der Waals surface area contributed by atoms with Crippen molar-refractivity contribution in [3.8, 4) is 0 Å². The Morgan fingerprint density at radius 2 is 1.94 bits per heavy atom. The summed E-state index contributed by atoms with van der Waals surface area (Å²) < 4.78 is 0. The topological polar surface area (TPSA) is 78.4 Å². The Morgan fingerprint density at radius 1 is 1.28 bits per heavy atom. The fraction of sp³-hybridized carbons (Fsp3) is 0.333. The van der Waals surface area contributed by atoms with Crippen LogP contribution in [0.2, 0.25) is 0 Å². The molecule has 0 atom stereocenters. The lowest BCUT2D eigenvalue weighted by Crippen LogP contribution is -2.18. The quantitative estimate of drug-likeness (QED) is 0.664. The molecule has 2 amide bonds. The van der Waals surface area contributed by atoms with Crippen molar-refractivity contribution in [2.75, 3.05) is 30.5 Å². The number of carbonyl (C=O) groups is 2. The van der Waals surface area contributed by atoms with Crippen LogP contribution in [0.15, 0.2) is 24.3 Å². The SMILES string of the molecule is CNC(=O)c1ccc(NC(=O)CSCCO)cc1. The smallest absolute Gasteiger partial charge is 0.251 e. The van der Waals surface area contributed by atoms with E-state index in [1.54, 1.807) is 31.3 Å². The number of aliphatic hydroxyl groups is 1. The standard InChI is InChI=1S/C12H16N2O3S/c1-13-12(17)9-2-4-10(5-3-9)14-11(16)8-18-7-6-15/h2-5,15H,6-8H2,1H3,(H,13,17)(H,14,16). The molecular formula is C12H16N2O3S. The molecule has 0 radical (unpaired) electrons. The highest BCUT2D eigenvalue weighted by Gasteiger charge is 2.05. The van der Waals surface area contributed by atoms with Crippen LogP contribution in [-0.2, 0) is 4.79 Å². The molecule has 0 saturated carbocycles. The summed E-state index contributed by atoms with van der Waals surface area (Å²) in [5.41, 5.74) is 1.20. The number of carbonyl (C=O) groups excluding carboxylic acids is 2. The molecular weight excluding hydrogens is 252 g/mol. The van der Waals surface area contributed by atoms with Gasteiger partial charge in [0.25, 0.3) is 5.91 Å². The maximum Gasteiger partial charge on any atom is 0.251 e. The van der Waals surface area contributed by atoms with Gasteiger partial charge in [0.05, 0.1) is 12.4 Å². The van der Waals surface area contributed by atoms with Gasteiger partial charge in [-0.2, -0.15) is 0 Å². The van der Waals surface area contributed by atoms with Gasteiger partial charge < -0.3 is 15.7 Å². The van der Waals surface area contributed by atoms with E-state index in [-0.39, 0.29) is 18.4 Å². The highest BCUT2D eigenvalue weighted by molar-refractivity contribution is 7.99. The zero-order chi connectivity index (χ0) is 13.4. The Balaban J connectivity index is 2.48. The van der Waals surface area contributed by atoms with Gasteiger partial charge in [0.15, 0.2) is 0 Å². The molecule has 1 aromatic carbocycles. The van der Waals surface area contributed by atoms with Crippen molar-refractivity contribution in [1.29, 1.82) is 0 Å². The number of amides is 2. The van der Waals surface area contributed by atoms with Crippen LogP contribution in [0.1, 0.15) is 10.4 Å². The van der Waals surface area contributed by atoms with Gasteiger partial charge in [0.2, 0.25) is 5.91 Å². The van der Waals surface area contributed by atoms with Gasteiger partial charge in [-0.1, -0.05) is 0 Å². The van der Waals surface area contributed by atoms with Crippen LogP contribution in [0.25, 0.3) is 0 Å². The van der Waals surface area contributed by atoms with Crippen molar-refractivity contribution in [2.24, 2.45) is 0 Å². The van der Waals surface area contributed by atoms with E-state index in [0.29, 0.717) is 22.8 Å². The van der Waals surface area contributed by atoms with Crippen LogP contribution in [0.3, 0.4) is 0 Å². The van der Waals surface area contributed by atoms with Crippen molar-refractivity contribution in [1.82, 2.24) is 5.32 Å². The van der Waals surface area contributed by atoms with Gasteiger partial charge in [-0.05, 0) is 24.3 Å². The monoisotopic (exact) mass is 268 g/mol. The molecule has 0 heterocycles. The number of anilines is 1. The number of thioether (sulfide) groups is 1. The first-order chi connectivity index (χ1) is 8.67. The molecule has 6 heteroatoms. The van der Waals surface area contributed by atoms with Gasteiger partial charge in [-0.3, -0.25) is 9.59 Å². The van der Waals surface area contributed by atoms with Crippen molar-refractivity contribution in [3.63, 3.8) is 0 Å². The third-order valence-electron chi connectivity index (χ3n) is 2.13. The normalized spacial score (nSPS) is 9.89. The summed E-state index contributed by atoms with van der Waals surface area (Å²) in [6.07, 6.45) is 0. The lowest BCUT2D eigenvalue weighted by atomic mass is 10.2. The number of benzene rings is 1. The number of hydrogen-bond donors (Lipinski definition) is 3. The molecule has 0 aliphatic carbocycles. The maximum absolute atomic E-state index is 11.5. The van der Waals surface area contributed by atoms with E-state index in [9.17, 15) is 9.59 Å².